The van der Waals surface area contributed by atoms with Crippen LogP contribution in [-0.4, -0.2) is 9.55 Å². The molecule has 3 aromatic heterocycles. The molecule has 3 heteroatoms. The molecule has 0 saturated heterocycles. The molecular weight excluding hydrogens is 553 g/mol. The van der Waals surface area contributed by atoms with Gasteiger partial charge in [0.1, 0.15) is 0 Å². The van der Waals surface area contributed by atoms with E-state index >= 15 is 0 Å². The zero-order valence-corrected chi connectivity index (χ0v) is 24.8. The number of fused-ring (bicyclic) bond motifs is 7. The van der Waals surface area contributed by atoms with Crippen LogP contribution in [0.1, 0.15) is 23.6 Å². The minimum absolute atomic E-state index is 0.304. The molecule has 1 atom stereocenters. The Morgan fingerprint density at radius 2 is 1.52 bits per heavy atom. The third-order valence-corrected chi connectivity index (χ3v) is 10.2. The Morgan fingerprint density at radius 1 is 0.682 bits per heavy atom. The highest BCUT2D eigenvalue weighted by Gasteiger charge is 2.22. The van der Waals surface area contributed by atoms with Gasteiger partial charge in [-0.05, 0) is 65.6 Å². The molecule has 5 aromatic carbocycles. The summed E-state index contributed by atoms with van der Waals surface area (Å²) in [5.74, 6) is 0.304. The molecule has 44 heavy (non-hydrogen) atoms. The van der Waals surface area contributed by atoms with E-state index in [0.29, 0.717) is 5.92 Å². The highest BCUT2D eigenvalue weighted by atomic mass is 32.1. The van der Waals surface area contributed by atoms with Gasteiger partial charge >= 0.3 is 0 Å². The largest absolute Gasteiger partial charge is 0.309 e. The molecule has 208 valence electrons. The van der Waals surface area contributed by atoms with Crippen molar-refractivity contribution in [1.29, 1.82) is 0 Å². The van der Waals surface area contributed by atoms with E-state index in [4.69, 9.17) is 0 Å². The second-order valence-corrected chi connectivity index (χ2v) is 12.6. The molecule has 9 rings (SSSR count). The molecule has 1 aliphatic rings. The summed E-state index contributed by atoms with van der Waals surface area (Å²) >= 11 is 1.91. The van der Waals surface area contributed by atoms with Crippen LogP contribution < -0.4 is 0 Å². The minimum atomic E-state index is 0.304. The van der Waals surface area contributed by atoms with E-state index in [2.05, 4.69) is 149 Å². The molecule has 1 aliphatic carbocycles. The summed E-state index contributed by atoms with van der Waals surface area (Å²) < 4.78 is 5.14. The van der Waals surface area contributed by atoms with Crippen LogP contribution in [-0.2, 0) is 0 Å². The SMILES string of the molecule is C1=CC(c2ccccn2)CC=C1c1cccc2c3c4sc5ccc(-c6ccccc6)cc5c4ccc3n(-c3ccccc3)c12. The lowest BCUT2D eigenvalue weighted by Crippen LogP contribution is -2.02. The third kappa shape index (κ3) is 3.97. The normalized spacial score (nSPS) is 15.0. The van der Waals surface area contributed by atoms with E-state index in [1.54, 1.807) is 0 Å². The van der Waals surface area contributed by atoms with Gasteiger partial charge < -0.3 is 4.57 Å². The number of para-hydroxylation sites is 2. The Balaban J connectivity index is 1.29. The summed E-state index contributed by atoms with van der Waals surface area (Å²) in [6, 6.07) is 46.1. The van der Waals surface area contributed by atoms with Crippen LogP contribution >= 0.6 is 11.3 Å². The molecule has 1 unspecified atom stereocenters. The van der Waals surface area contributed by atoms with Crippen LogP contribution in [0.15, 0.2) is 152 Å². The van der Waals surface area contributed by atoms with E-state index in [0.717, 1.165) is 12.1 Å². The molecule has 0 bridgehead atoms. The van der Waals surface area contributed by atoms with Gasteiger partial charge in [0.15, 0.2) is 0 Å². The molecule has 0 radical (unpaired) electrons. The summed E-state index contributed by atoms with van der Waals surface area (Å²) in [6.45, 7) is 0. The van der Waals surface area contributed by atoms with Crippen molar-refractivity contribution in [2.75, 3.05) is 0 Å². The first kappa shape index (κ1) is 25.3. The number of hydrogen-bond donors (Lipinski definition) is 0. The fourth-order valence-corrected chi connectivity index (χ4v) is 8.15. The quantitative estimate of drug-likeness (QED) is 0.202. The standard InChI is InChI=1S/C41H28N2S/c1-3-10-27(11-4-1)30-21-24-38-35(26-30)33-22-23-37-39(41(33)44-38)34-15-9-14-32(40(34)43(37)31-12-5-2-6-13-31)28-17-19-29(20-18-28)36-16-7-8-25-42-36/h1-19,21-26,29H,20H2. The summed E-state index contributed by atoms with van der Waals surface area (Å²) in [5, 5.41) is 5.27. The van der Waals surface area contributed by atoms with Crippen molar-refractivity contribution in [1.82, 2.24) is 9.55 Å². The van der Waals surface area contributed by atoms with Crippen molar-refractivity contribution in [3.05, 3.63) is 163 Å². The van der Waals surface area contributed by atoms with Gasteiger partial charge in [-0.2, -0.15) is 0 Å². The highest BCUT2D eigenvalue weighted by molar-refractivity contribution is 7.26. The van der Waals surface area contributed by atoms with E-state index < -0.39 is 0 Å². The Kier molecular flexibility index (Phi) is 5.85. The fourth-order valence-electron chi connectivity index (χ4n) is 6.91. The Bertz CT molecular complexity index is 2390. The van der Waals surface area contributed by atoms with Crippen LogP contribution in [0.3, 0.4) is 0 Å². The molecule has 2 nitrogen and oxygen atoms in total. The molecule has 0 aliphatic heterocycles. The average molecular weight is 581 g/mol. The molecular formula is C41H28N2S. The number of aromatic nitrogens is 2. The number of thiophene rings is 1. The summed E-state index contributed by atoms with van der Waals surface area (Å²) in [5.41, 5.74) is 9.84. The zero-order chi connectivity index (χ0) is 29.0. The maximum Gasteiger partial charge on any atom is 0.0619 e. The number of rotatable bonds is 4. The Hall–Kier alpha value is -5.25. The lowest BCUT2D eigenvalue weighted by atomic mass is 9.90. The van der Waals surface area contributed by atoms with Crippen LogP contribution in [0.5, 0.6) is 0 Å². The van der Waals surface area contributed by atoms with Crippen LogP contribution in [0.25, 0.3) is 64.4 Å². The van der Waals surface area contributed by atoms with Crippen molar-refractivity contribution in [3.8, 4) is 16.8 Å². The van der Waals surface area contributed by atoms with Gasteiger partial charge in [-0.3, -0.25) is 4.98 Å². The van der Waals surface area contributed by atoms with Gasteiger partial charge in [0, 0.05) is 60.0 Å². The highest BCUT2D eigenvalue weighted by Crippen LogP contribution is 2.46. The van der Waals surface area contributed by atoms with Crippen LogP contribution in [0.2, 0.25) is 0 Å². The monoisotopic (exact) mass is 580 g/mol. The van der Waals surface area contributed by atoms with Gasteiger partial charge in [-0.1, -0.05) is 103 Å². The summed E-state index contributed by atoms with van der Waals surface area (Å²) in [6.07, 6.45) is 9.83. The Morgan fingerprint density at radius 3 is 2.32 bits per heavy atom. The van der Waals surface area contributed by atoms with Gasteiger partial charge in [-0.15, -0.1) is 11.3 Å². The molecule has 0 fully saturated rings. The number of allylic oxidation sites excluding steroid dienone is 4. The van der Waals surface area contributed by atoms with Gasteiger partial charge in [-0.25, -0.2) is 0 Å². The van der Waals surface area contributed by atoms with Crippen molar-refractivity contribution in [2.24, 2.45) is 0 Å². The maximum atomic E-state index is 4.62. The molecule has 3 heterocycles. The predicted molar refractivity (Wildman–Crippen MR) is 188 cm³/mol. The predicted octanol–water partition coefficient (Wildman–Crippen LogP) is 11.3. The van der Waals surface area contributed by atoms with Crippen molar-refractivity contribution in [3.63, 3.8) is 0 Å². The summed E-state index contributed by atoms with van der Waals surface area (Å²) in [7, 11) is 0. The van der Waals surface area contributed by atoms with E-state index in [1.807, 2.05) is 23.6 Å². The molecule has 8 aromatic rings. The molecule has 0 saturated carbocycles. The second-order valence-electron chi connectivity index (χ2n) is 11.5. The van der Waals surface area contributed by atoms with E-state index in [1.165, 1.54) is 69.9 Å². The van der Waals surface area contributed by atoms with Crippen molar-refractivity contribution in [2.45, 2.75) is 12.3 Å². The lowest BCUT2D eigenvalue weighted by molar-refractivity contribution is 0.818. The maximum absolute atomic E-state index is 4.62. The van der Waals surface area contributed by atoms with Crippen LogP contribution in [0, 0.1) is 0 Å². The third-order valence-electron chi connectivity index (χ3n) is 8.99. The number of benzene rings is 5. The molecule has 0 spiro atoms. The second kappa shape index (κ2) is 10.2. The van der Waals surface area contributed by atoms with E-state index in [-0.39, 0.29) is 0 Å². The minimum Gasteiger partial charge on any atom is -0.309 e. The van der Waals surface area contributed by atoms with Gasteiger partial charge in [0.05, 0.1) is 11.0 Å². The number of nitrogens with zero attached hydrogens (tertiary/aromatic N) is 2. The lowest BCUT2D eigenvalue weighted by Gasteiger charge is -2.17. The van der Waals surface area contributed by atoms with E-state index in [9.17, 15) is 0 Å². The Labute approximate surface area is 259 Å². The van der Waals surface area contributed by atoms with Crippen molar-refractivity contribution >= 4 is 58.9 Å². The van der Waals surface area contributed by atoms with Gasteiger partial charge in [0.2, 0.25) is 0 Å². The number of hydrogen-bond acceptors (Lipinski definition) is 2. The topological polar surface area (TPSA) is 17.8 Å². The molecule has 0 amide bonds. The first-order valence-corrected chi connectivity index (χ1v) is 16.0. The number of pyridine rings is 1. The van der Waals surface area contributed by atoms with Crippen LogP contribution in [0.4, 0.5) is 0 Å². The smallest absolute Gasteiger partial charge is 0.0619 e. The molecule has 0 N–H and O–H groups in total. The first-order chi connectivity index (χ1) is 21.8. The summed E-state index contributed by atoms with van der Waals surface area (Å²) in [4.78, 5) is 4.62. The van der Waals surface area contributed by atoms with Gasteiger partial charge in [0.25, 0.3) is 0 Å². The average Bonchev–Trinajstić information content (AvgIpc) is 3.65. The van der Waals surface area contributed by atoms with Crippen molar-refractivity contribution < 1.29 is 0 Å². The fraction of sp³-hybridized carbons (Fsp3) is 0.0488. The zero-order valence-electron chi connectivity index (χ0n) is 24.0. The first-order valence-electron chi connectivity index (χ1n) is 15.2.